The summed E-state index contributed by atoms with van der Waals surface area (Å²) in [7, 11) is 3.43. The lowest BCUT2D eigenvalue weighted by Crippen LogP contribution is -2.23. The molecule has 8 aromatic rings. The molecule has 0 spiro atoms. The van der Waals surface area contributed by atoms with Crippen LogP contribution in [0, 0.1) is 0 Å². The highest BCUT2D eigenvalue weighted by Crippen LogP contribution is 2.36. The van der Waals surface area contributed by atoms with Crippen LogP contribution in [0.15, 0.2) is 89.7 Å². The van der Waals surface area contributed by atoms with Gasteiger partial charge in [-0.2, -0.15) is 4.68 Å². The summed E-state index contributed by atoms with van der Waals surface area (Å²) in [6.07, 6.45) is 9.73. The average Bonchev–Trinajstić information content (AvgIpc) is 4.09. The molecular weight excluding hydrogens is 807 g/mol. The van der Waals surface area contributed by atoms with E-state index in [1.54, 1.807) is 23.2 Å². The van der Waals surface area contributed by atoms with E-state index in [4.69, 9.17) is 37.1 Å². The molecule has 19 nitrogen and oxygen atoms in total. The van der Waals surface area contributed by atoms with Gasteiger partial charge in [0, 0.05) is 42.6 Å². The van der Waals surface area contributed by atoms with Gasteiger partial charge in [-0.25, -0.2) is 34.6 Å². The van der Waals surface area contributed by atoms with Crippen molar-refractivity contribution in [2.45, 2.75) is 57.2 Å². The van der Waals surface area contributed by atoms with Gasteiger partial charge in [-0.15, -0.1) is 10.2 Å². The van der Waals surface area contributed by atoms with Crippen LogP contribution in [0.3, 0.4) is 0 Å². The molecule has 0 bridgehead atoms. The third-order valence-corrected chi connectivity index (χ3v) is 10.8. The van der Waals surface area contributed by atoms with Gasteiger partial charge in [0.25, 0.3) is 11.1 Å². The molecule has 0 aliphatic heterocycles. The summed E-state index contributed by atoms with van der Waals surface area (Å²) >= 11 is 11.9. The third kappa shape index (κ3) is 8.16. The SMILES string of the molecule is Cn1cnc2ncn(Cc3n[nH]c(=O)o3)c(=O)c21.Cn1cnc2ncn(Cc3nn(CC4CCc5cc(Cl)ccc54)c(=O)o3)c(=O)c21.OCC1CCc2cc(Cl)ccc21. The minimum atomic E-state index is -0.660. The Hall–Kier alpha value is -6.44. The summed E-state index contributed by atoms with van der Waals surface area (Å²) < 4.78 is 17.2. The minimum Gasteiger partial charge on any atom is -0.396 e. The van der Waals surface area contributed by atoms with Crippen LogP contribution in [0.1, 0.15) is 58.7 Å². The Morgan fingerprint density at radius 2 is 1.25 bits per heavy atom. The smallest absolute Gasteiger partial charge is 0.396 e. The number of benzene rings is 2. The summed E-state index contributed by atoms with van der Waals surface area (Å²) in [6, 6.07) is 11.8. The van der Waals surface area contributed by atoms with Crippen molar-refractivity contribution in [3.8, 4) is 0 Å². The summed E-state index contributed by atoms with van der Waals surface area (Å²) in [6.45, 7) is 0.733. The highest BCUT2D eigenvalue weighted by molar-refractivity contribution is 6.31. The summed E-state index contributed by atoms with van der Waals surface area (Å²) in [4.78, 5) is 64.1. The molecule has 2 unspecified atom stereocenters. The van der Waals surface area contributed by atoms with Crippen LogP contribution in [-0.2, 0) is 46.6 Å². The first-order chi connectivity index (χ1) is 28.4. The Kier molecular flexibility index (Phi) is 11.0. The largest absolute Gasteiger partial charge is 0.437 e. The molecule has 2 aliphatic rings. The van der Waals surface area contributed by atoms with Crippen molar-refractivity contribution in [2.24, 2.45) is 14.1 Å². The van der Waals surface area contributed by atoms with Crippen LogP contribution in [0.4, 0.5) is 0 Å². The van der Waals surface area contributed by atoms with E-state index < -0.39 is 11.5 Å². The van der Waals surface area contributed by atoms with E-state index in [1.807, 2.05) is 36.4 Å². The zero-order valence-electron chi connectivity index (χ0n) is 31.7. The second-order valence-corrected chi connectivity index (χ2v) is 15.1. The molecule has 59 heavy (non-hydrogen) atoms. The zero-order chi connectivity index (χ0) is 41.4. The average molecular weight is 844 g/mol. The van der Waals surface area contributed by atoms with Crippen molar-refractivity contribution < 1.29 is 13.9 Å². The molecular formula is C38H36Cl2N12O7. The lowest BCUT2D eigenvalue weighted by atomic mass is 10.0. The van der Waals surface area contributed by atoms with Gasteiger partial charge in [0.2, 0.25) is 11.8 Å². The number of nitrogens with one attached hydrogen (secondary N) is 1. The van der Waals surface area contributed by atoms with Crippen LogP contribution in [0.2, 0.25) is 10.0 Å². The number of aliphatic hydroxyl groups is 1. The molecule has 0 saturated carbocycles. The summed E-state index contributed by atoms with van der Waals surface area (Å²) in [5.41, 5.74) is 5.96. The predicted molar refractivity (Wildman–Crippen MR) is 214 cm³/mol. The number of imidazole rings is 2. The molecule has 6 aromatic heterocycles. The number of aromatic nitrogens is 12. The number of H-pyrrole nitrogens is 1. The second-order valence-electron chi connectivity index (χ2n) is 14.2. The van der Waals surface area contributed by atoms with Crippen molar-refractivity contribution in [3.63, 3.8) is 0 Å². The van der Waals surface area contributed by atoms with Crippen LogP contribution >= 0.6 is 23.2 Å². The molecule has 6 heterocycles. The van der Waals surface area contributed by atoms with E-state index in [0.29, 0.717) is 34.8 Å². The predicted octanol–water partition coefficient (Wildman–Crippen LogP) is 2.93. The lowest BCUT2D eigenvalue weighted by Gasteiger charge is -2.10. The number of fused-ring (bicyclic) bond motifs is 4. The maximum absolute atomic E-state index is 12.6. The van der Waals surface area contributed by atoms with Gasteiger partial charge in [-0.1, -0.05) is 35.3 Å². The fraction of sp³-hybridized carbons (Fsp3) is 0.316. The van der Waals surface area contributed by atoms with Crippen LogP contribution < -0.4 is 22.6 Å². The Bertz CT molecular complexity index is 3060. The molecule has 304 valence electrons. The standard InChI is InChI=1S/C19H17ClN6O3.C10H11ClO.C9H8N6O3/c1-24-9-21-17-16(24)18(27)25(10-22-17)8-15-23-26(19(28)29-15)7-12-3-2-11-6-13(20)4-5-14(11)12;11-9-3-4-10-7(5-9)1-2-8(10)6-12;1-14-3-10-7-6(14)8(16)15(4-11-7)2-5-12-13-9(17)18-5/h4-6,9-10,12H,2-3,7-8H2,1H3;3-5,8,12H,1-2,6H2;3-4H,2H2,1H3,(H,13,17). The molecule has 0 amide bonds. The summed E-state index contributed by atoms with van der Waals surface area (Å²) in [5.74, 6) is -0.400. The van der Waals surface area contributed by atoms with Crippen LogP contribution in [0.25, 0.3) is 22.3 Å². The van der Waals surface area contributed by atoms with Gasteiger partial charge >= 0.3 is 11.5 Å². The van der Waals surface area contributed by atoms with Crippen LogP contribution in [0.5, 0.6) is 0 Å². The molecule has 0 saturated heterocycles. The van der Waals surface area contributed by atoms with Gasteiger partial charge in [0.15, 0.2) is 22.3 Å². The number of aryl methyl sites for hydroxylation is 4. The minimum absolute atomic E-state index is 0.0199. The number of nitrogens with zero attached hydrogens (tertiary/aromatic N) is 11. The van der Waals surface area contributed by atoms with Crippen molar-refractivity contribution in [1.29, 1.82) is 0 Å². The molecule has 2 N–H and O–H groups in total. The zero-order valence-corrected chi connectivity index (χ0v) is 33.2. The van der Waals surface area contributed by atoms with Crippen molar-refractivity contribution >= 4 is 45.5 Å². The van der Waals surface area contributed by atoms with E-state index in [-0.39, 0.29) is 48.5 Å². The van der Waals surface area contributed by atoms with Crippen LogP contribution in [-0.4, -0.2) is 69.9 Å². The molecule has 2 aliphatic carbocycles. The second kappa shape index (κ2) is 16.4. The van der Waals surface area contributed by atoms with E-state index in [2.05, 4.69) is 35.2 Å². The van der Waals surface area contributed by atoms with E-state index in [1.165, 1.54) is 61.4 Å². The van der Waals surface area contributed by atoms with Gasteiger partial charge in [0.1, 0.15) is 25.7 Å². The maximum atomic E-state index is 12.6. The highest BCUT2D eigenvalue weighted by Gasteiger charge is 2.25. The highest BCUT2D eigenvalue weighted by atomic mass is 35.5. The number of aliphatic hydroxyl groups excluding tert-OH is 1. The normalized spacial score (nSPS) is 15.5. The Morgan fingerprint density at radius 1 is 0.729 bits per heavy atom. The number of aromatic amines is 1. The molecule has 10 rings (SSSR count). The van der Waals surface area contributed by atoms with Gasteiger partial charge < -0.3 is 23.1 Å². The molecule has 2 atom stereocenters. The molecule has 0 fully saturated rings. The molecule has 2 aromatic carbocycles. The molecule has 0 radical (unpaired) electrons. The Morgan fingerprint density at radius 3 is 1.80 bits per heavy atom. The van der Waals surface area contributed by atoms with Crippen molar-refractivity contribution in [2.75, 3.05) is 6.61 Å². The Labute approximate surface area is 342 Å². The number of hydrogen-bond acceptors (Lipinski definition) is 13. The number of rotatable bonds is 7. The maximum Gasteiger partial charge on any atom is 0.437 e. The Balaban J connectivity index is 0.000000137. The molecule has 21 heteroatoms. The first-order valence-corrected chi connectivity index (χ1v) is 19.2. The quantitative estimate of drug-likeness (QED) is 0.235. The van der Waals surface area contributed by atoms with E-state index in [0.717, 1.165) is 35.7 Å². The fourth-order valence-electron chi connectivity index (χ4n) is 7.45. The number of hydrogen-bond donors (Lipinski definition) is 2. The first kappa shape index (κ1) is 39.4. The van der Waals surface area contributed by atoms with E-state index in [9.17, 15) is 19.2 Å². The van der Waals surface area contributed by atoms with Gasteiger partial charge in [-0.05, 0) is 72.2 Å². The first-order valence-electron chi connectivity index (χ1n) is 18.5. The monoisotopic (exact) mass is 842 g/mol. The van der Waals surface area contributed by atoms with E-state index >= 15 is 0 Å². The third-order valence-electron chi connectivity index (χ3n) is 10.4. The van der Waals surface area contributed by atoms with Crippen molar-refractivity contribution in [3.05, 3.63) is 148 Å². The number of halogens is 2. The van der Waals surface area contributed by atoms with Gasteiger partial charge in [-0.3, -0.25) is 18.7 Å². The fourth-order valence-corrected chi connectivity index (χ4v) is 7.84. The lowest BCUT2D eigenvalue weighted by molar-refractivity contribution is 0.265. The topological polar surface area (TPSA) is 233 Å². The van der Waals surface area contributed by atoms with Crippen molar-refractivity contribution in [1.82, 2.24) is 58.2 Å². The van der Waals surface area contributed by atoms with Gasteiger partial charge in [0.05, 0.1) is 19.2 Å². The summed E-state index contributed by atoms with van der Waals surface area (Å²) in [5, 5.41) is 20.6.